The van der Waals surface area contributed by atoms with E-state index in [1.54, 1.807) is 18.4 Å². The molecule has 0 atom stereocenters. The predicted octanol–water partition coefficient (Wildman–Crippen LogP) is 3.39. The van der Waals surface area contributed by atoms with Crippen LogP contribution in [0.3, 0.4) is 0 Å². The molecule has 0 unspecified atom stereocenters. The quantitative estimate of drug-likeness (QED) is 0.671. The van der Waals surface area contributed by atoms with Crippen molar-refractivity contribution >= 4 is 43.0 Å². The highest BCUT2D eigenvalue weighted by molar-refractivity contribution is 9.08. The van der Waals surface area contributed by atoms with Gasteiger partial charge >= 0.3 is 0 Å². The van der Waals surface area contributed by atoms with E-state index in [0.717, 1.165) is 22.4 Å². The van der Waals surface area contributed by atoms with E-state index in [2.05, 4.69) is 15.9 Å². The molecule has 4 heteroatoms. The maximum Gasteiger partial charge on any atom is 0.126 e. The van der Waals surface area contributed by atoms with Crippen LogP contribution in [0.1, 0.15) is 5.56 Å². The van der Waals surface area contributed by atoms with Crippen LogP contribution in [0.5, 0.6) is 5.75 Å². The van der Waals surface area contributed by atoms with Gasteiger partial charge in [0.15, 0.2) is 0 Å². The second-order valence-electron chi connectivity index (χ2n) is 2.94. The minimum Gasteiger partial charge on any atom is -0.496 e. The molecule has 0 saturated carbocycles. The van der Waals surface area contributed by atoms with Gasteiger partial charge in [-0.15, -0.1) is 11.3 Å². The number of rotatable bonds is 2. The first-order valence-corrected chi connectivity index (χ1v) is 6.16. The third-order valence-electron chi connectivity index (χ3n) is 2.22. The van der Waals surface area contributed by atoms with Gasteiger partial charge in [-0.2, -0.15) is 0 Å². The molecule has 0 aliphatic rings. The summed E-state index contributed by atoms with van der Waals surface area (Å²) >= 11 is 5.09. The molecule has 14 heavy (non-hydrogen) atoms. The highest BCUT2D eigenvalue weighted by Gasteiger charge is 2.10. The summed E-state index contributed by atoms with van der Waals surface area (Å²) < 4.78 is 6.46. The van der Waals surface area contributed by atoms with Crippen molar-refractivity contribution < 1.29 is 4.74 Å². The standard InChI is InChI=1S/C10H10BrNOS/c1-13-8-4-9-6(2-3-14-9)10(12)7(8)5-11/h2-4H,5,12H2,1H3. The fourth-order valence-electron chi connectivity index (χ4n) is 1.48. The maximum atomic E-state index is 6.05. The zero-order valence-corrected chi connectivity index (χ0v) is 10.1. The summed E-state index contributed by atoms with van der Waals surface area (Å²) in [6, 6.07) is 4.08. The van der Waals surface area contributed by atoms with Crippen molar-refractivity contribution in [3.05, 3.63) is 23.1 Å². The Balaban J connectivity index is 2.79. The van der Waals surface area contributed by atoms with Crippen molar-refractivity contribution in [1.82, 2.24) is 0 Å². The number of alkyl halides is 1. The van der Waals surface area contributed by atoms with Gasteiger partial charge in [0.25, 0.3) is 0 Å². The maximum absolute atomic E-state index is 6.05. The van der Waals surface area contributed by atoms with Crippen LogP contribution in [0.25, 0.3) is 10.1 Å². The van der Waals surface area contributed by atoms with E-state index in [4.69, 9.17) is 10.5 Å². The van der Waals surface area contributed by atoms with Gasteiger partial charge in [0, 0.05) is 26.7 Å². The Labute approximate surface area is 94.8 Å². The number of thiophene rings is 1. The normalized spacial score (nSPS) is 10.7. The summed E-state index contributed by atoms with van der Waals surface area (Å²) in [5.41, 5.74) is 7.89. The number of methoxy groups -OCH3 is 1. The van der Waals surface area contributed by atoms with Crippen molar-refractivity contribution in [2.45, 2.75) is 5.33 Å². The van der Waals surface area contributed by atoms with E-state index in [0.29, 0.717) is 5.33 Å². The van der Waals surface area contributed by atoms with E-state index in [9.17, 15) is 0 Å². The average Bonchev–Trinajstić information content (AvgIpc) is 2.65. The minimum atomic E-state index is 0.716. The molecule has 0 saturated heterocycles. The van der Waals surface area contributed by atoms with Gasteiger partial charge in [-0.3, -0.25) is 0 Å². The van der Waals surface area contributed by atoms with Crippen molar-refractivity contribution in [1.29, 1.82) is 0 Å². The first kappa shape index (κ1) is 9.80. The molecular weight excluding hydrogens is 262 g/mol. The Kier molecular flexibility index (Phi) is 2.65. The van der Waals surface area contributed by atoms with E-state index in [1.807, 2.05) is 17.5 Å². The van der Waals surface area contributed by atoms with Gasteiger partial charge in [0.1, 0.15) is 5.75 Å². The first-order valence-electron chi connectivity index (χ1n) is 4.16. The largest absolute Gasteiger partial charge is 0.496 e. The summed E-state index contributed by atoms with van der Waals surface area (Å²) in [4.78, 5) is 0. The smallest absolute Gasteiger partial charge is 0.126 e. The first-order chi connectivity index (χ1) is 6.77. The Morgan fingerprint density at radius 3 is 3.00 bits per heavy atom. The fraction of sp³-hybridized carbons (Fsp3) is 0.200. The third kappa shape index (κ3) is 1.38. The second kappa shape index (κ2) is 3.79. The number of nitrogen functional groups attached to an aromatic ring is 1. The Morgan fingerprint density at radius 1 is 1.57 bits per heavy atom. The van der Waals surface area contributed by atoms with Gasteiger partial charge in [-0.25, -0.2) is 0 Å². The molecule has 0 aliphatic carbocycles. The molecule has 0 spiro atoms. The van der Waals surface area contributed by atoms with Crippen molar-refractivity contribution in [2.75, 3.05) is 12.8 Å². The topological polar surface area (TPSA) is 35.2 Å². The number of halogens is 1. The lowest BCUT2D eigenvalue weighted by Gasteiger charge is -2.09. The molecule has 0 aliphatic heterocycles. The van der Waals surface area contributed by atoms with Crippen LogP contribution in [0.15, 0.2) is 17.5 Å². The van der Waals surface area contributed by atoms with Crippen LogP contribution in [0.2, 0.25) is 0 Å². The van der Waals surface area contributed by atoms with Gasteiger partial charge in [-0.1, -0.05) is 15.9 Å². The lowest BCUT2D eigenvalue weighted by Crippen LogP contribution is -1.96. The molecular formula is C10H10BrNOS. The molecule has 0 fully saturated rings. The van der Waals surface area contributed by atoms with Crippen LogP contribution in [-0.4, -0.2) is 7.11 Å². The number of anilines is 1. The van der Waals surface area contributed by atoms with Gasteiger partial charge < -0.3 is 10.5 Å². The number of ether oxygens (including phenoxy) is 1. The third-order valence-corrected chi connectivity index (χ3v) is 3.65. The summed E-state index contributed by atoms with van der Waals surface area (Å²) in [6.45, 7) is 0. The van der Waals surface area contributed by atoms with Crippen molar-refractivity contribution in [2.24, 2.45) is 0 Å². The molecule has 0 bridgehead atoms. The molecule has 1 aromatic carbocycles. The number of hydrogen-bond acceptors (Lipinski definition) is 3. The number of hydrogen-bond donors (Lipinski definition) is 1. The summed E-state index contributed by atoms with van der Waals surface area (Å²) in [6.07, 6.45) is 0. The average molecular weight is 272 g/mol. The Bertz CT molecular complexity index is 466. The molecule has 2 aromatic rings. The van der Waals surface area contributed by atoms with Crippen molar-refractivity contribution in [3.8, 4) is 5.75 Å². The Morgan fingerprint density at radius 2 is 2.36 bits per heavy atom. The molecule has 0 radical (unpaired) electrons. The highest BCUT2D eigenvalue weighted by Crippen LogP contribution is 2.36. The van der Waals surface area contributed by atoms with Gasteiger partial charge in [-0.05, 0) is 17.5 Å². The summed E-state index contributed by atoms with van der Waals surface area (Å²) in [5.74, 6) is 0.856. The molecule has 2 rings (SSSR count). The fourth-order valence-corrected chi connectivity index (χ4v) is 2.89. The summed E-state index contributed by atoms with van der Waals surface area (Å²) in [5, 5.41) is 3.87. The van der Waals surface area contributed by atoms with Gasteiger partial charge in [0.05, 0.1) is 7.11 Å². The van der Waals surface area contributed by atoms with Crippen LogP contribution in [-0.2, 0) is 5.33 Å². The van der Waals surface area contributed by atoms with Crippen molar-refractivity contribution in [3.63, 3.8) is 0 Å². The number of nitrogens with two attached hydrogens (primary N) is 1. The molecule has 1 aromatic heterocycles. The predicted molar refractivity (Wildman–Crippen MR) is 65.4 cm³/mol. The lowest BCUT2D eigenvalue weighted by molar-refractivity contribution is 0.412. The zero-order chi connectivity index (χ0) is 10.1. The second-order valence-corrected chi connectivity index (χ2v) is 4.45. The van der Waals surface area contributed by atoms with Crippen LogP contribution in [0.4, 0.5) is 5.69 Å². The molecule has 74 valence electrons. The highest BCUT2D eigenvalue weighted by atomic mass is 79.9. The van der Waals surface area contributed by atoms with E-state index < -0.39 is 0 Å². The van der Waals surface area contributed by atoms with Gasteiger partial charge in [0.2, 0.25) is 0 Å². The zero-order valence-electron chi connectivity index (χ0n) is 7.71. The number of fused-ring (bicyclic) bond motifs is 1. The van der Waals surface area contributed by atoms with E-state index in [-0.39, 0.29) is 0 Å². The van der Waals surface area contributed by atoms with Crippen LogP contribution >= 0.6 is 27.3 Å². The monoisotopic (exact) mass is 271 g/mol. The molecule has 0 amide bonds. The van der Waals surface area contributed by atoms with E-state index >= 15 is 0 Å². The van der Waals surface area contributed by atoms with E-state index in [1.165, 1.54) is 4.70 Å². The lowest BCUT2D eigenvalue weighted by atomic mass is 10.1. The molecule has 2 N–H and O–H groups in total. The minimum absolute atomic E-state index is 0.716. The molecule has 1 heterocycles. The van der Waals surface area contributed by atoms with Crippen LogP contribution < -0.4 is 10.5 Å². The SMILES string of the molecule is COc1cc2sccc2c(N)c1CBr. The number of benzene rings is 1. The Hall–Kier alpha value is -0.740. The van der Waals surface area contributed by atoms with Crippen LogP contribution in [0, 0.1) is 0 Å². The molecule has 2 nitrogen and oxygen atoms in total. The summed E-state index contributed by atoms with van der Waals surface area (Å²) in [7, 11) is 1.67.